The maximum atomic E-state index is 12.4. The van der Waals surface area contributed by atoms with Crippen molar-refractivity contribution in [1.29, 1.82) is 0 Å². The first-order valence-electron chi connectivity index (χ1n) is 12.9. The standard InChI is InChI=1S/C28H49NO3/c1-9-13-16-22(10-2)26(30)29-20-15-14-17-23-18-19-24(31-27(5,6)11-3)21-25(23)32-28(7,8)12-4/h18-19,21-22H,9-17,20H2,1-8H3,(H,29,30). The average molecular weight is 448 g/mol. The number of aryl methyl sites for hydroxylation is 1. The fourth-order valence-corrected chi connectivity index (χ4v) is 3.43. The molecule has 0 aliphatic rings. The number of ether oxygens (including phenoxy) is 2. The molecule has 0 aromatic heterocycles. The van der Waals surface area contributed by atoms with Crippen LogP contribution in [0.4, 0.5) is 0 Å². The number of nitrogens with one attached hydrogen (secondary N) is 1. The van der Waals surface area contributed by atoms with Crippen molar-refractivity contribution in [2.24, 2.45) is 5.92 Å². The molecule has 0 radical (unpaired) electrons. The van der Waals surface area contributed by atoms with Crippen molar-refractivity contribution in [3.05, 3.63) is 23.8 Å². The average Bonchev–Trinajstić information content (AvgIpc) is 2.75. The smallest absolute Gasteiger partial charge is 0.223 e. The number of rotatable bonds is 16. The monoisotopic (exact) mass is 447 g/mol. The maximum absolute atomic E-state index is 12.4. The highest BCUT2D eigenvalue weighted by Crippen LogP contribution is 2.32. The number of benzene rings is 1. The Balaban J connectivity index is 2.71. The van der Waals surface area contributed by atoms with Crippen LogP contribution in [0.5, 0.6) is 11.5 Å². The Morgan fingerprint density at radius 1 is 0.938 bits per heavy atom. The van der Waals surface area contributed by atoms with E-state index < -0.39 is 0 Å². The second-order valence-corrected chi connectivity index (χ2v) is 10.2. The van der Waals surface area contributed by atoms with Gasteiger partial charge < -0.3 is 14.8 Å². The molecule has 1 N–H and O–H groups in total. The van der Waals surface area contributed by atoms with Crippen molar-refractivity contribution >= 4 is 5.91 Å². The maximum Gasteiger partial charge on any atom is 0.223 e. The lowest BCUT2D eigenvalue weighted by Crippen LogP contribution is -2.31. The zero-order valence-corrected chi connectivity index (χ0v) is 22.1. The number of amides is 1. The van der Waals surface area contributed by atoms with Gasteiger partial charge in [0.1, 0.15) is 22.7 Å². The van der Waals surface area contributed by atoms with Crippen LogP contribution in [0.15, 0.2) is 18.2 Å². The van der Waals surface area contributed by atoms with Gasteiger partial charge in [0.05, 0.1) is 0 Å². The van der Waals surface area contributed by atoms with E-state index in [0.29, 0.717) is 0 Å². The minimum atomic E-state index is -0.227. The lowest BCUT2D eigenvalue weighted by molar-refractivity contribution is -0.125. The molecule has 1 aromatic carbocycles. The first kappa shape index (κ1) is 28.3. The van der Waals surface area contributed by atoms with Gasteiger partial charge in [-0.25, -0.2) is 0 Å². The molecule has 0 heterocycles. The summed E-state index contributed by atoms with van der Waals surface area (Å²) in [5.74, 6) is 2.14. The highest BCUT2D eigenvalue weighted by atomic mass is 16.5. The van der Waals surface area contributed by atoms with Crippen LogP contribution in [-0.4, -0.2) is 23.7 Å². The molecule has 0 aliphatic carbocycles. The van der Waals surface area contributed by atoms with E-state index in [1.165, 1.54) is 5.56 Å². The summed E-state index contributed by atoms with van der Waals surface area (Å²) in [4.78, 5) is 12.4. The molecule has 0 saturated carbocycles. The Kier molecular flexibility index (Phi) is 12.2. The summed E-state index contributed by atoms with van der Waals surface area (Å²) in [6.07, 6.45) is 8.95. The quantitative estimate of drug-likeness (QED) is 0.267. The normalized spacial score (nSPS) is 13.0. The van der Waals surface area contributed by atoms with E-state index in [4.69, 9.17) is 9.47 Å². The van der Waals surface area contributed by atoms with Gasteiger partial charge in [0.2, 0.25) is 5.91 Å². The van der Waals surface area contributed by atoms with E-state index in [-0.39, 0.29) is 23.0 Å². The van der Waals surface area contributed by atoms with E-state index in [9.17, 15) is 4.79 Å². The van der Waals surface area contributed by atoms with E-state index >= 15 is 0 Å². The minimum Gasteiger partial charge on any atom is -0.488 e. The molecule has 1 rings (SSSR count). The molecule has 32 heavy (non-hydrogen) atoms. The highest BCUT2D eigenvalue weighted by molar-refractivity contribution is 5.78. The molecule has 1 amide bonds. The molecule has 4 nitrogen and oxygen atoms in total. The summed E-state index contributed by atoms with van der Waals surface area (Å²) < 4.78 is 12.6. The molecule has 1 atom stereocenters. The molecule has 0 bridgehead atoms. The van der Waals surface area contributed by atoms with Crippen LogP contribution in [0, 0.1) is 5.92 Å². The van der Waals surface area contributed by atoms with Crippen molar-refractivity contribution in [3.8, 4) is 11.5 Å². The fourth-order valence-electron chi connectivity index (χ4n) is 3.43. The van der Waals surface area contributed by atoms with Crippen LogP contribution >= 0.6 is 0 Å². The molecular weight excluding hydrogens is 398 g/mol. The zero-order chi connectivity index (χ0) is 24.2. The topological polar surface area (TPSA) is 47.6 Å². The summed E-state index contributed by atoms with van der Waals surface area (Å²) in [6.45, 7) is 17.8. The minimum absolute atomic E-state index is 0.158. The summed E-state index contributed by atoms with van der Waals surface area (Å²) in [5, 5.41) is 3.14. The van der Waals surface area contributed by atoms with Crippen molar-refractivity contribution in [2.75, 3.05) is 6.54 Å². The molecule has 184 valence electrons. The van der Waals surface area contributed by atoms with Gasteiger partial charge in [0.25, 0.3) is 0 Å². The second-order valence-electron chi connectivity index (χ2n) is 10.2. The second kappa shape index (κ2) is 13.7. The molecule has 0 spiro atoms. The Labute approximate surface area is 197 Å². The van der Waals surface area contributed by atoms with E-state index in [1.807, 2.05) is 6.07 Å². The number of carbonyl (C=O) groups is 1. The first-order valence-corrected chi connectivity index (χ1v) is 12.9. The van der Waals surface area contributed by atoms with Gasteiger partial charge in [-0.1, -0.05) is 46.6 Å². The summed E-state index contributed by atoms with van der Waals surface area (Å²) in [7, 11) is 0. The fraction of sp³-hybridized carbons (Fsp3) is 0.750. The molecule has 0 fully saturated rings. The lowest BCUT2D eigenvalue weighted by Gasteiger charge is -2.29. The van der Waals surface area contributed by atoms with Crippen LogP contribution in [0.25, 0.3) is 0 Å². The molecule has 1 unspecified atom stereocenters. The van der Waals surface area contributed by atoms with E-state index in [1.54, 1.807) is 0 Å². The molecule has 0 aliphatic heterocycles. The van der Waals surface area contributed by atoms with Crippen molar-refractivity contribution in [3.63, 3.8) is 0 Å². The third-order valence-electron chi connectivity index (χ3n) is 6.46. The third-order valence-corrected chi connectivity index (χ3v) is 6.46. The number of carbonyl (C=O) groups excluding carboxylic acids is 1. The van der Waals surface area contributed by atoms with E-state index in [2.05, 4.69) is 72.8 Å². The van der Waals surface area contributed by atoms with Gasteiger partial charge in [0.15, 0.2) is 0 Å². The summed E-state index contributed by atoms with van der Waals surface area (Å²) >= 11 is 0. The van der Waals surface area contributed by atoms with Gasteiger partial charge in [-0.3, -0.25) is 4.79 Å². The summed E-state index contributed by atoms with van der Waals surface area (Å²) in [6, 6.07) is 6.24. The number of hydrogen-bond donors (Lipinski definition) is 1. The van der Waals surface area contributed by atoms with E-state index in [0.717, 1.165) is 75.8 Å². The van der Waals surface area contributed by atoms with Crippen LogP contribution in [0.3, 0.4) is 0 Å². The lowest BCUT2D eigenvalue weighted by atomic mass is 9.98. The van der Waals surface area contributed by atoms with Gasteiger partial charge in [-0.15, -0.1) is 0 Å². The van der Waals surface area contributed by atoms with Crippen molar-refractivity contribution < 1.29 is 14.3 Å². The van der Waals surface area contributed by atoms with Gasteiger partial charge in [-0.2, -0.15) is 0 Å². The molecular formula is C28H49NO3. The van der Waals surface area contributed by atoms with Gasteiger partial charge in [-0.05, 0) is 84.3 Å². The Morgan fingerprint density at radius 2 is 1.59 bits per heavy atom. The molecule has 4 heteroatoms. The zero-order valence-electron chi connectivity index (χ0n) is 22.1. The largest absolute Gasteiger partial charge is 0.488 e. The van der Waals surface area contributed by atoms with Gasteiger partial charge in [0, 0.05) is 18.5 Å². The van der Waals surface area contributed by atoms with Crippen LogP contribution in [0.1, 0.15) is 112 Å². The SMILES string of the molecule is CCCCC(CC)C(=O)NCCCCc1ccc(OC(C)(C)CC)cc1OC(C)(C)CC. The van der Waals surface area contributed by atoms with Crippen LogP contribution in [0.2, 0.25) is 0 Å². The van der Waals surface area contributed by atoms with Crippen molar-refractivity contribution in [1.82, 2.24) is 5.32 Å². The molecule has 1 aromatic rings. The molecule has 0 saturated heterocycles. The van der Waals surface area contributed by atoms with Crippen molar-refractivity contribution in [2.45, 2.75) is 124 Å². The Morgan fingerprint density at radius 3 is 2.19 bits per heavy atom. The highest BCUT2D eigenvalue weighted by Gasteiger charge is 2.22. The van der Waals surface area contributed by atoms with Gasteiger partial charge >= 0.3 is 0 Å². The van der Waals surface area contributed by atoms with Crippen LogP contribution in [-0.2, 0) is 11.2 Å². The predicted molar refractivity (Wildman–Crippen MR) is 136 cm³/mol. The number of unbranched alkanes of at least 4 members (excludes halogenated alkanes) is 2. The third kappa shape index (κ3) is 10.3. The number of hydrogen-bond acceptors (Lipinski definition) is 3. The van der Waals surface area contributed by atoms with Crippen LogP contribution < -0.4 is 14.8 Å². The first-order chi connectivity index (χ1) is 15.1. The Bertz CT molecular complexity index is 681. The summed E-state index contributed by atoms with van der Waals surface area (Å²) in [5.41, 5.74) is 0.772. The Hall–Kier alpha value is -1.71. The predicted octanol–water partition coefficient (Wildman–Crippen LogP) is 7.48.